The minimum absolute atomic E-state index is 0.458. The Labute approximate surface area is 327 Å². The van der Waals surface area contributed by atoms with Crippen molar-refractivity contribution in [2.75, 3.05) is 0 Å². The summed E-state index contributed by atoms with van der Waals surface area (Å²) in [6, 6.07) is 61.7. The molecule has 1 fully saturated rings. The minimum atomic E-state index is 0.458. The van der Waals surface area contributed by atoms with Gasteiger partial charge in [0.05, 0.1) is 11.0 Å². The predicted molar refractivity (Wildman–Crippen MR) is 231 cm³/mol. The van der Waals surface area contributed by atoms with E-state index in [0.29, 0.717) is 29.3 Å². The molecule has 3 aliphatic carbocycles. The molecule has 3 unspecified atom stereocenters. The Morgan fingerprint density at radius 2 is 1.23 bits per heavy atom. The van der Waals surface area contributed by atoms with Gasteiger partial charge in [0, 0.05) is 27.6 Å². The van der Waals surface area contributed by atoms with Crippen LogP contribution < -0.4 is 0 Å². The van der Waals surface area contributed by atoms with Gasteiger partial charge in [-0.1, -0.05) is 140 Å². The number of hydrogen-bond acceptors (Lipinski definition) is 3. The van der Waals surface area contributed by atoms with Crippen LogP contribution in [0.25, 0.3) is 105 Å². The molecule has 0 aliphatic heterocycles. The number of fused-ring (bicyclic) bond motifs is 15. The van der Waals surface area contributed by atoms with Crippen LogP contribution in [-0.2, 0) is 0 Å². The van der Waals surface area contributed by atoms with Gasteiger partial charge >= 0.3 is 0 Å². The molecule has 3 aromatic heterocycles. The van der Waals surface area contributed by atoms with Gasteiger partial charge in [-0.2, -0.15) is 0 Å². The Balaban J connectivity index is 1.11. The Morgan fingerprint density at radius 3 is 2.16 bits per heavy atom. The van der Waals surface area contributed by atoms with Gasteiger partial charge in [-0.15, -0.1) is 0 Å². The number of para-hydroxylation sites is 2. The predicted octanol–water partition coefficient (Wildman–Crippen LogP) is 13.6. The maximum atomic E-state index is 6.62. The lowest BCUT2D eigenvalue weighted by molar-refractivity contribution is 0.666. The summed E-state index contributed by atoms with van der Waals surface area (Å²) in [4.78, 5) is 11.0. The van der Waals surface area contributed by atoms with Crippen molar-refractivity contribution in [2.45, 2.75) is 17.8 Å². The average Bonchev–Trinajstić information content (AvgIpc) is 3.80. The normalized spacial score (nSPS) is 17.3. The summed E-state index contributed by atoms with van der Waals surface area (Å²) in [6.45, 7) is 0. The van der Waals surface area contributed by atoms with Crippen molar-refractivity contribution in [3.05, 3.63) is 187 Å². The number of nitrogens with zero attached hydrogens (tertiary/aromatic N) is 3. The highest BCUT2D eigenvalue weighted by atomic mass is 16.3. The Kier molecular flexibility index (Phi) is 5.64. The van der Waals surface area contributed by atoms with E-state index in [4.69, 9.17) is 14.4 Å². The first kappa shape index (κ1) is 30.0. The van der Waals surface area contributed by atoms with Crippen LogP contribution in [0.3, 0.4) is 0 Å². The molecule has 0 bridgehead atoms. The van der Waals surface area contributed by atoms with Crippen LogP contribution in [0.15, 0.2) is 174 Å². The molecular formula is C53H31N3O. The van der Waals surface area contributed by atoms with Crippen molar-refractivity contribution in [2.24, 2.45) is 0 Å². The van der Waals surface area contributed by atoms with Crippen LogP contribution >= 0.6 is 0 Å². The quantitative estimate of drug-likeness (QED) is 0.182. The molecule has 14 rings (SSSR count). The number of hydrogen-bond donors (Lipinski definition) is 0. The second-order valence-corrected chi connectivity index (χ2v) is 16.0. The van der Waals surface area contributed by atoms with Crippen molar-refractivity contribution >= 4 is 54.6 Å². The molecule has 3 aliphatic rings. The third-order valence-corrected chi connectivity index (χ3v) is 13.2. The van der Waals surface area contributed by atoms with Gasteiger partial charge in [-0.05, 0) is 103 Å². The molecule has 264 valence electrons. The summed E-state index contributed by atoms with van der Waals surface area (Å²) in [5, 5.41) is 5.82. The largest absolute Gasteiger partial charge is 0.452 e. The number of benzene rings is 8. The molecule has 0 amide bonds. The summed E-state index contributed by atoms with van der Waals surface area (Å²) < 4.78 is 8.93. The van der Waals surface area contributed by atoms with Gasteiger partial charge in [0.1, 0.15) is 16.8 Å². The van der Waals surface area contributed by atoms with E-state index in [9.17, 15) is 0 Å². The average molecular weight is 726 g/mol. The van der Waals surface area contributed by atoms with Crippen LogP contribution in [0, 0.1) is 0 Å². The van der Waals surface area contributed by atoms with E-state index in [1.807, 2.05) is 12.1 Å². The van der Waals surface area contributed by atoms with Gasteiger partial charge in [-0.25, -0.2) is 9.97 Å². The smallest absolute Gasteiger partial charge is 0.236 e. The van der Waals surface area contributed by atoms with Gasteiger partial charge in [0.15, 0.2) is 5.58 Å². The Hall–Kier alpha value is -7.30. The molecular weight excluding hydrogens is 695 g/mol. The van der Waals surface area contributed by atoms with Crippen molar-refractivity contribution < 1.29 is 4.42 Å². The van der Waals surface area contributed by atoms with Crippen LogP contribution in [0.4, 0.5) is 0 Å². The van der Waals surface area contributed by atoms with Crippen molar-refractivity contribution in [1.82, 2.24) is 14.5 Å². The fourth-order valence-corrected chi connectivity index (χ4v) is 10.8. The molecule has 8 aromatic carbocycles. The lowest BCUT2D eigenvalue weighted by Gasteiger charge is -2.26. The van der Waals surface area contributed by atoms with Crippen LogP contribution in [0.5, 0.6) is 0 Å². The molecule has 3 atom stereocenters. The number of aromatic nitrogens is 3. The minimum Gasteiger partial charge on any atom is -0.452 e. The summed E-state index contributed by atoms with van der Waals surface area (Å²) in [6.07, 6.45) is 0. The lowest BCUT2D eigenvalue weighted by atomic mass is 9.77. The number of furan rings is 1. The second kappa shape index (κ2) is 10.7. The zero-order chi connectivity index (χ0) is 36.9. The molecule has 1 saturated carbocycles. The monoisotopic (exact) mass is 725 g/mol. The molecule has 0 N–H and O–H groups in total. The second-order valence-electron chi connectivity index (χ2n) is 16.0. The van der Waals surface area contributed by atoms with Gasteiger partial charge in [0.25, 0.3) is 0 Å². The fraction of sp³-hybridized carbons (Fsp3) is 0.0566. The maximum Gasteiger partial charge on any atom is 0.236 e. The fourth-order valence-electron chi connectivity index (χ4n) is 10.8. The SMILES string of the molecule is c1ccc(-c2ccc3c(c2)C2C4c5ccccc5-c5c(c-3cc3c5c5ccccc5n3-c3nc(-c5ccc6ccccc6c5)c5oc6ccccc6c5n3)C24)cc1. The molecule has 4 nitrogen and oxygen atoms in total. The van der Waals surface area contributed by atoms with Crippen molar-refractivity contribution in [3.63, 3.8) is 0 Å². The molecule has 11 aromatic rings. The molecule has 0 radical (unpaired) electrons. The Bertz CT molecular complexity index is 3560. The zero-order valence-electron chi connectivity index (χ0n) is 30.6. The zero-order valence-corrected chi connectivity index (χ0v) is 30.6. The van der Waals surface area contributed by atoms with Crippen LogP contribution in [-0.4, -0.2) is 14.5 Å². The maximum absolute atomic E-state index is 6.62. The molecule has 0 spiro atoms. The molecule has 4 heteroatoms. The van der Waals surface area contributed by atoms with Crippen molar-refractivity contribution in [3.8, 4) is 50.6 Å². The Morgan fingerprint density at radius 1 is 0.474 bits per heavy atom. The van der Waals surface area contributed by atoms with Crippen LogP contribution in [0.1, 0.15) is 34.4 Å². The molecule has 57 heavy (non-hydrogen) atoms. The topological polar surface area (TPSA) is 43.9 Å². The summed E-state index contributed by atoms with van der Waals surface area (Å²) in [7, 11) is 0. The molecule has 0 saturated heterocycles. The van der Waals surface area contributed by atoms with E-state index in [0.717, 1.165) is 44.2 Å². The first-order chi connectivity index (χ1) is 28.3. The third kappa shape index (κ3) is 3.92. The van der Waals surface area contributed by atoms with Gasteiger partial charge in [0.2, 0.25) is 5.95 Å². The van der Waals surface area contributed by atoms with E-state index in [1.54, 1.807) is 0 Å². The van der Waals surface area contributed by atoms with E-state index in [2.05, 4.69) is 162 Å². The summed E-state index contributed by atoms with van der Waals surface area (Å²) >= 11 is 0. The van der Waals surface area contributed by atoms with E-state index >= 15 is 0 Å². The highest BCUT2D eigenvalue weighted by molar-refractivity contribution is 6.19. The van der Waals surface area contributed by atoms with Crippen LogP contribution in [0.2, 0.25) is 0 Å². The first-order valence-electron chi connectivity index (χ1n) is 19.9. The lowest BCUT2D eigenvalue weighted by Crippen LogP contribution is -2.06. The third-order valence-electron chi connectivity index (χ3n) is 13.2. The van der Waals surface area contributed by atoms with Crippen molar-refractivity contribution in [1.29, 1.82) is 0 Å². The molecule has 3 heterocycles. The van der Waals surface area contributed by atoms with Gasteiger partial charge < -0.3 is 4.42 Å². The van der Waals surface area contributed by atoms with E-state index in [1.165, 1.54) is 66.2 Å². The first-order valence-corrected chi connectivity index (χ1v) is 19.9. The number of rotatable bonds is 3. The van der Waals surface area contributed by atoms with E-state index in [-0.39, 0.29) is 0 Å². The van der Waals surface area contributed by atoms with Gasteiger partial charge in [-0.3, -0.25) is 4.57 Å². The summed E-state index contributed by atoms with van der Waals surface area (Å²) in [5.41, 5.74) is 18.7. The van der Waals surface area contributed by atoms with E-state index < -0.39 is 0 Å². The summed E-state index contributed by atoms with van der Waals surface area (Å²) in [5.74, 6) is 2.04. The highest BCUT2D eigenvalue weighted by Crippen LogP contribution is 2.76. The highest BCUT2D eigenvalue weighted by Gasteiger charge is 2.60. The standard InChI is InChI=1S/C53H31N3O/c1-2-12-29(13-3-1)32-24-25-34-39(27-32)47-46-36-17-7-6-16-35(36)45-44-37-18-8-10-20-41(37)56(42(44)28-40(34)48(45)49(46)47)53-54-50(33-23-22-30-14-4-5-15-31(30)26-33)52-51(55-53)38-19-9-11-21-43(38)57-52/h1-28,46-47,49H.